The van der Waals surface area contributed by atoms with E-state index in [9.17, 15) is 5.11 Å². The molecule has 1 rings (SSSR count). The van der Waals surface area contributed by atoms with E-state index in [4.69, 9.17) is 20.6 Å². The normalized spacial score (nSPS) is 37.3. The van der Waals surface area contributed by atoms with Gasteiger partial charge in [0.2, 0.25) is 0 Å². The van der Waals surface area contributed by atoms with Gasteiger partial charge in [0.1, 0.15) is 6.10 Å². The third kappa shape index (κ3) is 1.56. The Hall–Kier alpha value is -0.600. The first-order valence-electron chi connectivity index (χ1n) is 3.98. The predicted octanol–water partition coefficient (Wildman–Crippen LogP) is 0.106. The molecular weight excluding hydrogens is 172 g/mol. The molecule has 0 saturated carbocycles. The van der Waals surface area contributed by atoms with Crippen molar-refractivity contribution in [2.45, 2.75) is 31.0 Å². The zero-order chi connectivity index (χ0) is 10.1. The van der Waals surface area contributed by atoms with Crippen LogP contribution in [0, 0.1) is 12.3 Å². The molecule has 1 N–H and O–H groups in total. The molecule has 0 amide bonds. The van der Waals surface area contributed by atoms with Crippen molar-refractivity contribution >= 4 is 0 Å². The summed E-state index contributed by atoms with van der Waals surface area (Å²) in [4.78, 5) is 0. The lowest BCUT2D eigenvalue weighted by atomic mass is 10.0. The van der Waals surface area contributed by atoms with Gasteiger partial charge in [-0.2, -0.15) is 0 Å². The lowest BCUT2D eigenvalue weighted by molar-refractivity contribution is -0.357. The van der Waals surface area contributed by atoms with Crippen LogP contribution in [0.3, 0.4) is 0 Å². The second-order valence-electron chi connectivity index (χ2n) is 3.16. The summed E-state index contributed by atoms with van der Waals surface area (Å²) >= 11 is 0. The molecule has 1 aliphatic heterocycles. The van der Waals surface area contributed by atoms with Crippen molar-refractivity contribution in [3.8, 4) is 12.3 Å². The Morgan fingerprint density at radius 2 is 2.08 bits per heavy atom. The lowest BCUT2D eigenvalue weighted by Gasteiger charge is -2.27. The van der Waals surface area contributed by atoms with E-state index in [1.54, 1.807) is 6.92 Å². The van der Waals surface area contributed by atoms with Gasteiger partial charge >= 0.3 is 0 Å². The minimum absolute atomic E-state index is 0.209. The minimum Gasteiger partial charge on any atom is -0.389 e. The zero-order valence-corrected chi connectivity index (χ0v) is 8.03. The quantitative estimate of drug-likeness (QED) is 0.491. The van der Waals surface area contributed by atoms with Gasteiger partial charge in [-0.25, -0.2) is 0 Å². The fraction of sp³-hybridized carbons (Fsp3) is 0.778. The molecule has 0 unspecified atom stereocenters. The molecule has 4 nitrogen and oxygen atoms in total. The first-order valence-corrected chi connectivity index (χ1v) is 3.98. The van der Waals surface area contributed by atoms with Gasteiger partial charge in [0.25, 0.3) is 5.97 Å². The summed E-state index contributed by atoms with van der Waals surface area (Å²) in [6.45, 7) is 1.62. The van der Waals surface area contributed by atoms with Gasteiger partial charge < -0.3 is 19.3 Å². The second-order valence-corrected chi connectivity index (χ2v) is 3.16. The van der Waals surface area contributed by atoms with Crippen molar-refractivity contribution < 1.29 is 19.3 Å². The van der Waals surface area contributed by atoms with Crippen molar-refractivity contribution in [3.05, 3.63) is 0 Å². The zero-order valence-electron chi connectivity index (χ0n) is 8.03. The highest BCUT2D eigenvalue weighted by Gasteiger charge is 2.53. The average molecular weight is 186 g/mol. The van der Waals surface area contributed by atoms with Crippen LogP contribution in [0.2, 0.25) is 0 Å². The van der Waals surface area contributed by atoms with E-state index in [1.165, 1.54) is 14.2 Å². The number of hydrogen-bond donors (Lipinski definition) is 1. The molecule has 1 aliphatic rings. The number of aliphatic hydroxyl groups is 1. The van der Waals surface area contributed by atoms with Crippen LogP contribution in [0.1, 0.15) is 13.3 Å². The molecular formula is C9H14O4. The molecule has 0 aliphatic carbocycles. The number of terminal acetylenes is 1. The summed E-state index contributed by atoms with van der Waals surface area (Å²) in [5.41, 5.74) is -1.04. The number of methoxy groups -OCH3 is 2. The standard InChI is InChI=1S/C9H14O4/c1-5-8(2)7(10)6-9(11-3,12-4)13-8/h1,7,10H,6H2,2-4H3/t7-,8-/m1/s1. The number of aliphatic hydroxyl groups excluding tert-OH is 1. The molecule has 0 aromatic rings. The molecule has 4 heteroatoms. The van der Waals surface area contributed by atoms with Crippen molar-refractivity contribution in [3.63, 3.8) is 0 Å². The predicted molar refractivity (Wildman–Crippen MR) is 45.7 cm³/mol. The van der Waals surface area contributed by atoms with Crippen molar-refractivity contribution in [2.75, 3.05) is 14.2 Å². The largest absolute Gasteiger partial charge is 0.389 e. The molecule has 0 bridgehead atoms. The van der Waals surface area contributed by atoms with Crippen molar-refractivity contribution in [2.24, 2.45) is 0 Å². The summed E-state index contributed by atoms with van der Waals surface area (Å²) in [6, 6.07) is 0. The Kier molecular flexibility index (Phi) is 2.64. The molecule has 0 spiro atoms. The average Bonchev–Trinajstić information content (AvgIpc) is 2.41. The lowest BCUT2D eigenvalue weighted by Crippen LogP contribution is -2.37. The van der Waals surface area contributed by atoms with E-state index >= 15 is 0 Å². The molecule has 1 heterocycles. The van der Waals surface area contributed by atoms with E-state index in [0.29, 0.717) is 0 Å². The summed E-state index contributed by atoms with van der Waals surface area (Å²) in [5, 5.41) is 9.62. The summed E-state index contributed by atoms with van der Waals surface area (Å²) in [6.07, 6.45) is 4.67. The molecule has 0 aromatic heterocycles. The third-order valence-corrected chi connectivity index (χ3v) is 2.36. The van der Waals surface area contributed by atoms with Crippen LogP contribution < -0.4 is 0 Å². The maximum atomic E-state index is 9.62. The van der Waals surface area contributed by atoms with E-state index in [-0.39, 0.29) is 6.42 Å². The number of ether oxygens (including phenoxy) is 3. The second kappa shape index (κ2) is 3.28. The van der Waals surface area contributed by atoms with Gasteiger partial charge in [0.05, 0.1) is 6.42 Å². The van der Waals surface area contributed by atoms with Gasteiger partial charge in [-0.05, 0) is 6.92 Å². The van der Waals surface area contributed by atoms with E-state index in [1.807, 2.05) is 0 Å². The van der Waals surface area contributed by atoms with Crippen LogP contribution in [0.4, 0.5) is 0 Å². The molecule has 1 fully saturated rings. The SMILES string of the molecule is C#C[C@@]1(C)OC(OC)(OC)C[C@H]1O. The smallest absolute Gasteiger partial charge is 0.286 e. The van der Waals surface area contributed by atoms with Crippen molar-refractivity contribution in [1.82, 2.24) is 0 Å². The maximum Gasteiger partial charge on any atom is 0.286 e. The Morgan fingerprint density at radius 1 is 1.54 bits per heavy atom. The highest BCUT2D eigenvalue weighted by Crippen LogP contribution is 2.38. The topological polar surface area (TPSA) is 47.9 Å². The van der Waals surface area contributed by atoms with Gasteiger partial charge in [0, 0.05) is 14.2 Å². The molecule has 0 aromatic carbocycles. The molecule has 13 heavy (non-hydrogen) atoms. The Bertz CT molecular complexity index is 228. The first-order chi connectivity index (χ1) is 6.02. The summed E-state index contributed by atoms with van der Waals surface area (Å²) < 4.78 is 15.4. The van der Waals surface area contributed by atoms with Crippen LogP contribution in [-0.4, -0.2) is 37.0 Å². The fourth-order valence-corrected chi connectivity index (χ4v) is 1.32. The van der Waals surface area contributed by atoms with Crippen LogP contribution >= 0.6 is 0 Å². The first kappa shape index (κ1) is 10.5. The fourth-order valence-electron chi connectivity index (χ4n) is 1.32. The summed E-state index contributed by atoms with van der Waals surface area (Å²) in [7, 11) is 2.89. The van der Waals surface area contributed by atoms with E-state index in [2.05, 4.69) is 5.92 Å². The van der Waals surface area contributed by atoms with Crippen LogP contribution in [-0.2, 0) is 14.2 Å². The Labute approximate surface area is 77.8 Å². The molecule has 74 valence electrons. The van der Waals surface area contributed by atoms with Gasteiger partial charge in [-0.3, -0.25) is 0 Å². The van der Waals surface area contributed by atoms with Crippen LogP contribution in [0.25, 0.3) is 0 Å². The van der Waals surface area contributed by atoms with Crippen LogP contribution in [0.5, 0.6) is 0 Å². The number of rotatable bonds is 2. The molecule has 1 saturated heterocycles. The van der Waals surface area contributed by atoms with Gasteiger partial charge in [0.15, 0.2) is 5.60 Å². The molecule has 0 radical (unpaired) electrons. The Balaban J connectivity index is 2.87. The minimum atomic E-state index is -1.21. The van der Waals surface area contributed by atoms with Crippen LogP contribution in [0.15, 0.2) is 0 Å². The maximum absolute atomic E-state index is 9.62. The van der Waals surface area contributed by atoms with Crippen molar-refractivity contribution in [1.29, 1.82) is 0 Å². The monoisotopic (exact) mass is 186 g/mol. The van der Waals surface area contributed by atoms with E-state index in [0.717, 1.165) is 0 Å². The third-order valence-electron chi connectivity index (χ3n) is 2.36. The number of hydrogen-bond acceptors (Lipinski definition) is 4. The van der Waals surface area contributed by atoms with E-state index < -0.39 is 17.7 Å². The Morgan fingerprint density at radius 3 is 2.31 bits per heavy atom. The highest BCUT2D eigenvalue weighted by atomic mass is 16.9. The highest BCUT2D eigenvalue weighted by molar-refractivity contribution is 5.14. The van der Waals surface area contributed by atoms with Gasteiger partial charge in [-0.15, -0.1) is 6.42 Å². The molecule has 2 atom stereocenters. The van der Waals surface area contributed by atoms with Gasteiger partial charge in [-0.1, -0.05) is 5.92 Å². The summed E-state index contributed by atoms with van der Waals surface area (Å²) in [5.74, 6) is 1.17.